The highest BCUT2D eigenvalue weighted by atomic mass is 35.5. The molecular weight excluding hydrogens is 347 g/mol. The number of rotatable bonds is 6. The summed E-state index contributed by atoms with van der Waals surface area (Å²) in [7, 11) is 1.29. The number of aryl methyl sites for hydroxylation is 1. The van der Waals surface area contributed by atoms with Crippen LogP contribution in [0.1, 0.15) is 6.42 Å². The molecule has 8 nitrogen and oxygen atoms in total. The quantitative estimate of drug-likeness (QED) is 0.631. The number of methoxy groups -OCH3 is 1. The highest BCUT2D eigenvalue weighted by Crippen LogP contribution is 2.25. The Balaban J connectivity index is 1.96. The fraction of sp³-hybridized carbons (Fsp3) is 0.231. The van der Waals surface area contributed by atoms with Crippen LogP contribution in [0.5, 0.6) is 5.88 Å². The zero-order chi connectivity index (χ0) is 17.0. The van der Waals surface area contributed by atoms with Crippen LogP contribution in [0.3, 0.4) is 0 Å². The zero-order valence-electron chi connectivity index (χ0n) is 12.0. The number of aromatic nitrogens is 2. The van der Waals surface area contributed by atoms with Crippen LogP contribution < -0.4 is 10.1 Å². The second-order valence-electron chi connectivity index (χ2n) is 4.47. The Morgan fingerprint density at radius 2 is 2.17 bits per heavy atom. The first-order valence-corrected chi connectivity index (χ1v) is 7.17. The second-order valence-corrected chi connectivity index (χ2v) is 5.29. The molecule has 2 aromatic rings. The third kappa shape index (κ3) is 4.33. The lowest BCUT2D eigenvalue weighted by molar-refractivity contribution is -0.385. The van der Waals surface area contributed by atoms with Crippen LogP contribution in [-0.4, -0.2) is 27.7 Å². The highest BCUT2D eigenvalue weighted by Gasteiger charge is 2.20. The van der Waals surface area contributed by atoms with Gasteiger partial charge in [0.25, 0.3) is 0 Å². The third-order valence-electron chi connectivity index (χ3n) is 2.87. The molecule has 0 fully saturated rings. The summed E-state index contributed by atoms with van der Waals surface area (Å²) in [5, 5.41) is 18.1. The van der Waals surface area contributed by atoms with E-state index in [-0.39, 0.29) is 30.4 Å². The van der Waals surface area contributed by atoms with Crippen molar-refractivity contribution in [1.82, 2.24) is 9.78 Å². The molecule has 0 aliphatic rings. The van der Waals surface area contributed by atoms with Crippen molar-refractivity contribution >= 4 is 40.5 Å². The normalized spacial score (nSPS) is 10.4. The maximum absolute atomic E-state index is 11.9. The number of hydrogen-bond donors (Lipinski definition) is 1. The monoisotopic (exact) mass is 358 g/mol. The molecule has 0 aliphatic carbocycles. The van der Waals surface area contributed by atoms with Gasteiger partial charge in [0.15, 0.2) is 0 Å². The van der Waals surface area contributed by atoms with Gasteiger partial charge in [-0.3, -0.25) is 19.6 Å². The first-order valence-electron chi connectivity index (χ1n) is 6.41. The number of carbonyl (C=O) groups is 1. The number of nitrogens with zero attached hydrogens (tertiary/aromatic N) is 3. The summed E-state index contributed by atoms with van der Waals surface area (Å²) >= 11 is 11.7. The predicted octanol–water partition coefficient (Wildman–Crippen LogP) is 3.14. The van der Waals surface area contributed by atoms with Gasteiger partial charge >= 0.3 is 11.6 Å². The number of nitrogens with one attached hydrogen (secondary N) is 1. The van der Waals surface area contributed by atoms with Gasteiger partial charge in [0.05, 0.1) is 28.6 Å². The number of amides is 1. The molecule has 0 bridgehead atoms. The van der Waals surface area contributed by atoms with Crippen molar-refractivity contribution in [3.8, 4) is 5.88 Å². The van der Waals surface area contributed by atoms with Crippen LogP contribution in [0.25, 0.3) is 0 Å². The van der Waals surface area contributed by atoms with Gasteiger partial charge < -0.3 is 10.1 Å². The van der Waals surface area contributed by atoms with E-state index in [0.29, 0.717) is 15.7 Å². The molecule has 2 rings (SSSR count). The average molecular weight is 359 g/mol. The summed E-state index contributed by atoms with van der Waals surface area (Å²) in [6, 6.07) is 4.72. The molecule has 0 saturated heterocycles. The molecule has 122 valence electrons. The third-order valence-corrected chi connectivity index (χ3v) is 3.61. The van der Waals surface area contributed by atoms with E-state index < -0.39 is 4.92 Å². The Kier molecular flexibility index (Phi) is 5.41. The van der Waals surface area contributed by atoms with E-state index in [1.165, 1.54) is 24.1 Å². The fourth-order valence-electron chi connectivity index (χ4n) is 1.79. The van der Waals surface area contributed by atoms with Crippen LogP contribution in [0.4, 0.5) is 11.4 Å². The Hall–Kier alpha value is -2.32. The van der Waals surface area contributed by atoms with E-state index in [2.05, 4.69) is 10.4 Å². The Bertz CT molecular complexity index is 748. The zero-order valence-corrected chi connectivity index (χ0v) is 13.5. The van der Waals surface area contributed by atoms with Crippen molar-refractivity contribution in [3.63, 3.8) is 0 Å². The number of carbonyl (C=O) groups excluding carboxylic acids is 1. The summed E-state index contributed by atoms with van der Waals surface area (Å²) in [6.45, 7) is 0.164. The Morgan fingerprint density at radius 3 is 2.74 bits per heavy atom. The standard InChI is InChI=1S/C13H12Cl2N4O4/c1-23-13-11(19(21)22)7-18(17-13)5-4-12(20)16-8-2-3-9(14)10(15)6-8/h2-3,6-7H,4-5H2,1H3,(H,16,20). The van der Waals surface area contributed by atoms with E-state index in [0.717, 1.165) is 0 Å². The molecule has 1 aromatic heterocycles. The van der Waals surface area contributed by atoms with Crippen LogP contribution >= 0.6 is 23.2 Å². The molecule has 10 heteroatoms. The van der Waals surface area contributed by atoms with E-state index in [9.17, 15) is 14.9 Å². The SMILES string of the molecule is COc1nn(CCC(=O)Nc2ccc(Cl)c(Cl)c2)cc1[N+](=O)[O-]. The molecule has 0 aliphatic heterocycles. The fourth-order valence-corrected chi connectivity index (χ4v) is 2.09. The lowest BCUT2D eigenvalue weighted by Gasteiger charge is -2.06. The minimum Gasteiger partial charge on any atom is -0.475 e. The molecule has 1 N–H and O–H groups in total. The number of hydrogen-bond acceptors (Lipinski definition) is 5. The number of ether oxygens (including phenoxy) is 1. The van der Waals surface area contributed by atoms with E-state index in [4.69, 9.17) is 27.9 Å². The molecule has 1 heterocycles. The number of halogens is 2. The molecule has 1 aromatic carbocycles. The van der Waals surface area contributed by atoms with Gasteiger partial charge in [-0.1, -0.05) is 23.2 Å². The van der Waals surface area contributed by atoms with Gasteiger partial charge in [-0.2, -0.15) is 0 Å². The summed E-state index contributed by atoms with van der Waals surface area (Å²) in [4.78, 5) is 22.1. The van der Waals surface area contributed by atoms with Crippen molar-refractivity contribution in [2.45, 2.75) is 13.0 Å². The minimum atomic E-state index is -0.599. The van der Waals surface area contributed by atoms with Crippen molar-refractivity contribution < 1.29 is 14.5 Å². The number of nitro groups is 1. The van der Waals surface area contributed by atoms with Crippen LogP contribution in [-0.2, 0) is 11.3 Å². The van der Waals surface area contributed by atoms with Crippen molar-refractivity contribution in [3.05, 3.63) is 44.6 Å². The van der Waals surface area contributed by atoms with Crippen LogP contribution in [0, 0.1) is 10.1 Å². The lowest BCUT2D eigenvalue weighted by atomic mass is 10.3. The first-order chi connectivity index (χ1) is 10.9. The second kappa shape index (κ2) is 7.30. The van der Waals surface area contributed by atoms with Crippen molar-refractivity contribution in [1.29, 1.82) is 0 Å². The topological polar surface area (TPSA) is 99.3 Å². The van der Waals surface area contributed by atoms with E-state index in [1.54, 1.807) is 12.1 Å². The Labute approximate surface area is 141 Å². The van der Waals surface area contributed by atoms with Gasteiger partial charge in [-0.15, -0.1) is 5.10 Å². The highest BCUT2D eigenvalue weighted by molar-refractivity contribution is 6.42. The number of benzene rings is 1. The summed E-state index contributed by atoms with van der Waals surface area (Å²) in [5.41, 5.74) is 0.255. The smallest absolute Gasteiger partial charge is 0.350 e. The van der Waals surface area contributed by atoms with Crippen molar-refractivity contribution in [2.75, 3.05) is 12.4 Å². The molecular formula is C13H12Cl2N4O4. The lowest BCUT2D eigenvalue weighted by Crippen LogP contribution is -2.14. The van der Waals surface area contributed by atoms with Crippen LogP contribution in [0.15, 0.2) is 24.4 Å². The molecule has 0 radical (unpaired) electrons. The van der Waals surface area contributed by atoms with Gasteiger partial charge in [-0.05, 0) is 18.2 Å². The van der Waals surface area contributed by atoms with Crippen molar-refractivity contribution in [2.24, 2.45) is 0 Å². The first kappa shape index (κ1) is 17.0. The maximum atomic E-state index is 11.9. The van der Waals surface area contributed by atoms with Gasteiger partial charge in [0, 0.05) is 12.1 Å². The van der Waals surface area contributed by atoms with Gasteiger partial charge in [-0.25, -0.2) is 0 Å². The van der Waals surface area contributed by atoms with E-state index in [1.807, 2.05) is 0 Å². The summed E-state index contributed by atoms with van der Waals surface area (Å²) in [5.74, 6) is -0.389. The number of anilines is 1. The maximum Gasteiger partial charge on any atom is 0.350 e. The molecule has 0 saturated carbocycles. The van der Waals surface area contributed by atoms with Crippen LogP contribution in [0.2, 0.25) is 10.0 Å². The molecule has 0 atom stereocenters. The molecule has 0 spiro atoms. The van der Waals surface area contributed by atoms with Gasteiger partial charge in [0.1, 0.15) is 6.20 Å². The summed E-state index contributed by atoms with van der Waals surface area (Å²) in [6.07, 6.45) is 1.29. The largest absolute Gasteiger partial charge is 0.475 e. The molecule has 23 heavy (non-hydrogen) atoms. The minimum absolute atomic E-state index is 0.0717. The molecule has 0 unspecified atom stereocenters. The van der Waals surface area contributed by atoms with Gasteiger partial charge in [0.2, 0.25) is 5.91 Å². The molecule has 1 amide bonds. The Morgan fingerprint density at radius 1 is 1.43 bits per heavy atom. The average Bonchev–Trinajstić information content (AvgIpc) is 2.92. The predicted molar refractivity (Wildman–Crippen MR) is 85.1 cm³/mol. The van der Waals surface area contributed by atoms with E-state index >= 15 is 0 Å². The summed E-state index contributed by atoms with van der Waals surface area (Å²) < 4.78 is 6.10.